The molecule has 0 fully saturated rings. The Morgan fingerprint density at radius 2 is 0.750 bits per heavy atom. The second-order valence-electron chi connectivity index (χ2n) is 16.3. The number of methoxy groups -OCH3 is 6. The van der Waals surface area contributed by atoms with Gasteiger partial charge in [0.05, 0.1) is 59.3 Å². The fourth-order valence-corrected chi connectivity index (χ4v) is 13.2. The predicted octanol–water partition coefficient (Wildman–Crippen LogP) is 9.96. The maximum absolute atomic E-state index is 6.86. The number of pyridine rings is 2. The number of halogens is 2. The van der Waals surface area contributed by atoms with Crippen LogP contribution in [0.4, 0.5) is 0 Å². The van der Waals surface area contributed by atoms with E-state index in [2.05, 4.69) is 111 Å². The van der Waals surface area contributed by atoms with Crippen molar-refractivity contribution < 1.29 is 43.6 Å². The van der Waals surface area contributed by atoms with E-state index in [1.807, 2.05) is 84.9 Å². The van der Waals surface area contributed by atoms with Crippen LogP contribution in [-0.4, -0.2) is 58.7 Å². The van der Waals surface area contributed by atoms with Gasteiger partial charge in [0.25, 0.3) is 0 Å². The standard InChI is InChI=1S/C38H34N2O4P2.C19H26N2O2.2ClH.Ru/c1-41-33-25-31(45(27-17-9-5-10-18-27)28-19-11-6-12-20-28)35(37(39-33)43-3)36-32(26-34(42-2)40-38(36)44-4)46(29-21-13-7-14-22-29)30-23-15-8-16-24-30;1-13(2)18(20)19(21,14-5-9-16(22-3)10-6-14)15-7-11-17(23-4)12-8-15;;;/h5-26H,1-4H3;5-13,18H,20-21H2,1-4H3;2*1H;/q;;;;+2/p-2/t;18-;;;/m.0.../s1. The molecule has 8 rings (SSSR count). The van der Waals surface area contributed by atoms with Gasteiger partial charge in [0.1, 0.15) is 11.5 Å². The van der Waals surface area contributed by atoms with Crippen molar-refractivity contribution in [3.05, 3.63) is 193 Å². The third kappa shape index (κ3) is 13.1. The van der Waals surface area contributed by atoms with Crippen molar-refractivity contribution in [1.29, 1.82) is 0 Å². The van der Waals surface area contributed by atoms with Crippen molar-refractivity contribution in [3.8, 4) is 46.1 Å². The van der Waals surface area contributed by atoms with Gasteiger partial charge in [0.2, 0.25) is 23.5 Å². The van der Waals surface area contributed by atoms with E-state index in [0.29, 0.717) is 23.5 Å². The monoisotopic (exact) mass is 1130 g/mol. The summed E-state index contributed by atoms with van der Waals surface area (Å²) in [5.74, 6) is 3.60. The van der Waals surface area contributed by atoms with Crippen LogP contribution in [0.1, 0.15) is 25.0 Å². The van der Waals surface area contributed by atoms with E-state index in [1.54, 1.807) is 42.7 Å². The molecule has 0 aliphatic carbocycles. The molecule has 1 atom stereocenters. The van der Waals surface area contributed by atoms with Crippen molar-refractivity contribution in [1.82, 2.24) is 9.97 Å². The number of nitrogens with two attached hydrogens (primary N) is 2. The van der Waals surface area contributed by atoms with Crippen molar-refractivity contribution in [3.63, 3.8) is 0 Å². The summed E-state index contributed by atoms with van der Waals surface area (Å²) in [5.41, 5.74) is 16.1. The summed E-state index contributed by atoms with van der Waals surface area (Å²) in [5, 5.41) is 6.73. The van der Waals surface area contributed by atoms with Crippen molar-refractivity contribution >= 4 is 67.1 Å². The third-order valence-electron chi connectivity index (χ3n) is 11.9. The molecule has 6 aromatic carbocycles. The van der Waals surface area contributed by atoms with Gasteiger partial charge < -0.3 is 39.9 Å². The van der Waals surface area contributed by atoms with Gasteiger partial charge in [-0.3, -0.25) is 0 Å². The Hall–Kier alpha value is -5.60. The minimum atomic E-state index is -1.11. The summed E-state index contributed by atoms with van der Waals surface area (Å²) in [4.78, 5) is 9.68. The number of aromatic nitrogens is 2. The van der Waals surface area contributed by atoms with E-state index in [4.69, 9.17) is 69.2 Å². The molecule has 376 valence electrons. The van der Waals surface area contributed by atoms with Gasteiger partial charge in [-0.15, -0.1) is 0 Å². The van der Waals surface area contributed by atoms with Crippen LogP contribution < -0.4 is 71.7 Å². The number of nitrogens with zero attached hydrogens (tertiary/aromatic N) is 2. The molecule has 0 aliphatic heterocycles. The van der Waals surface area contributed by atoms with Crippen LogP contribution in [0.2, 0.25) is 0 Å². The van der Waals surface area contributed by atoms with E-state index in [9.17, 15) is 0 Å². The number of hydrogen-bond acceptors (Lipinski definition) is 10. The molecule has 2 aromatic heterocycles. The fraction of sp³-hybridized carbons (Fsp3) is 0.193. The van der Waals surface area contributed by atoms with Gasteiger partial charge >= 0.3 is 34.5 Å². The summed E-state index contributed by atoms with van der Waals surface area (Å²) in [6.07, 6.45) is 0. The fourth-order valence-electron chi connectivity index (χ4n) is 8.27. The van der Waals surface area contributed by atoms with Crippen LogP contribution in [-0.2, 0) is 20.7 Å². The van der Waals surface area contributed by atoms with Crippen LogP contribution >= 0.6 is 35.2 Å². The molecular weight excluding hydrogens is 1070 g/mol. The van der Waals surface area contributed by atoms with Crippen LogP contribution in [0.3, 0.4) is 0 Å². The Morgan fingerprint density at radius 1 is 0.458 bits per heavy atom. The van der Waals surface area contributed by atoms with E-state index in [1.165, 1.54) is 21.2 Å². The zero-order chi connectivity index (χ0) is 51.6. The first-order chi connectivity index (χ1) is 35.0. The quantitative estimate of drug-likeness (QED) is 0.0671. The van der Waals surface area contributed by atoms with Gasteiger partial charge in [0, 0.05) is 28.8 Å². The summed E-state index contributed by atoms with van der Waals surface area (Å²) in [6, 6.07) is 61.6. The molecule has 15 heteroatoms. The average molecular weight is 1130 g/mol. The van der Waals surface area contributed by atoms with E-state index in [-0.39, 0.29) is 27.1 Å². The van der Waals surface area contributed by atoms with Gasteiger partial charge in [-0.05, 0) is 78.4 Å². The van der Waals surface area contributed by atoms with Crippen LogP contribution in [0.15, 0.2) is 182 Å². The van der Waals surface area contributed by atoms with Crippen LogP contribution in [0.5, 0.6) is 35.0 Å². The summed E-state index contributed by atoms with van der Waals surface area (Å²) in [6.45, 7) is 4.17. The molecule has 8 aromatic rings. The Kier molecular flexibility index (Phi) is 21.2. The van der Waals surface area contributed by atoms with Gasteiger partial charge in [-0.2, -0.15) is 9.97 Å². The number of hydrogen-bond donors (Lipinski definition) is 2. The molecule has 2 heterocycles. The molecular formula is C57H60Cl2N4O6P2Ru. The van der Waals surface area contributed by atoms with Crippen molar-refractivity contribution in [2.24, 2.45) is 17.4 Å². The van der Waals surface area contributed by atoms with E-state index in [0.717, 1.165) is 44.4 Å². The molecule has 0 spiro atoms. The summed E-state index contributed by atoms with van der Waals surface area (Å²) in [7, 11) is 17.3. The minimum absolute atomic E-state index is 0.226. The topological polar surface area (TPSA) is 133 Å². The molecule has 4 N–H and O–H groups in total. The normalized spacial score (nSPS) is 11.5. The Labute approximate surface area is 442 Å². The molecule has 10 nitrogen and oxygen atoms in total. The van der Waals surface area contributed by atoms with Gasteiger partial charge in [-0.25, -0.2) is 0 Å². The molecule has 0 radical (unpaired) electrons. The van der Waals surface area contributed by atoms with Crippen molar-refractivity contribution in [2.45, 2.75) is 25.4 Å². The zero-order valence-electron chi connectivity index (χ0n) is 41.5. The van der Waals surface area contributed by atoms with Crippen LogP contribution in [0, 0.1) is 5.92 Å². The second kappa shape index (κ2) is 27.5. The first kappa shape index (κ1) is 55.7. The predicted molar refractivity (Wildman–Crippen MR) is 297 cm³/mol. The van der Waals surface area contributed by atoms with Crippen molar-refractivity contribution in [2.75, 3.05) is 42.7 Å². The second-order valence-corrected chi connectivity index (χ2v) is 23.3. The first-order valence-corrected chi connectivity index (χ1v) is 29.9. The summed E-state index contributed by atoms with van der Waals surface area (Å²) >= 11 is -0.346. The number of benzene rings is 6. The Bertz CT molecular complexity index is 2630. The molecule has 0 saturated heterocycles. The number of rotatable bonds is 17. The average Bonchev–Trinajstić information content (AvgIpc) is 3.44. The third-order valence-corrected chi connectivity index (χ3v) is 16.8. The Balaban J connectivity index is 0.000000273. The molecule has 0 bridgehead atoms. The molecule has 0 saturated carbocycles. The van der Waals surface area contributed by atoms with Crippen LogP contribution in [0.25, 0.3) is 11.1 Å². The molecule has 0 amide bonds. The Morgan fingerprint density at radius 3 is 0.986 bits per heavy atom. The summed E-state index contributed by atoms with van der Waals surface area (Å²) < 4.78 is 34.3. The maximum atomic E-state index is 6.86. The SMILES string of the molecule is COc1cc(P(c2ccccc2)c2ccccc2)c(-c2c(P(c3ccccc3)c3ccccc3)cc(OC)nc2OC)c(OC)n1.COc1ccc(C(N)(c2ccc(OC)cc2)[C@@H](N)C(C)C)cc1.[Cl][Ru][Cl]. The van der Waals surface area contributed by atoms with Gasteiger partial charge in [0.15, 0.2) is 0 Å². The van der Waals surface area contributed by atoms with E-state index >= 15 is 0 Å². The van der Waals surface area contributed by atoms with E-state index < -0.39 is 21.4 Å². The molecule has 72 heavy (non-hydrogen) atoms. The molecule has 0 unspecified atom stereocenters. The molecule has 0 aliphatic rings. The first-order valence-electron chi connectivity index (χ1n) is 22.8. The van der Waals surface area contributed by atoms with Gasteiger partial charge in [-0.1, -0.05) is 159 Å². The number of ether oxygens (including phenoxy) is 6. The zero-order valence-corrected chi connectivity index (χ0v) is 46.5.